The van der Waals surface area contributed by atoms with Crippen molar-refractivity contribution in [1.29, 1.82) is 5.26 Å². The second kappa shape index (κ2) is 11.9. The van der Waals surface area contributed by atoms with E-state index in [0.29, 0.717) is 33.9 Å². The van der Waals surface area contributed by atoms with Gasteiger partial charge in [0.05, 0.1) is 26.9 Å². The molecule has 0 N–H and O–H groups in total. The van der Waals surface area contributed by atoms with E-state index in [2.05, 4.69) is 15.6 Å². The van der Waals surface area contributed by atoms with Gasteiger partial charge in [-0.3, -0.25) is 0 Å². The van der Waals surface area contributed by atoms with E-state index >= 15 is 0 Å². The van der Waals surface area contributed by atoms with Crippen LogP contribution in [-0.4, -0.2) is 38.1 Å². The molecule has 0 amide bonds. The third kappa shape index (κ3) is 5.28. The van der Waals surface area contributed by atoms with Gasteiger partial charge in [0.15, 0.2) is 0 Å². The number of hydrogen-bond donors (Lipinski definition) is 0. The fraction of sp³-hybridized carbons (Fsp3) is 0.147. The number of rotatable bonds is 8. The molecule has 5 rings (SSSR count). The minimum atomic E-state index is -0.384. The van der Waals surface area contributed by atoms with Gasteiger partial charge >= 0.3 is 5.97 Å². The smallest absolute Gasteiger partial charge is 0.337 e. The molecule has 0 aliphatic carbocycles. The summed E-state index contributed by atoms with van der Waals surface area (Å²) in [5.74, 6) is 1.78. The molecular weight excluding hydrogens is 530 g/mol. The highest BCUT2D eigenvalue weighted by atomic mass is 16.5. The summed E-state index contributed by atoms with van der Waals surface area (Å²) in [7, 11) is 4.58. The highest BCUT2D eigenvalue weighted by Crippen LogP contribution is 2.43. The second-order valence-corrected chi connectivity index (χ2v) is 9.51. The molecule has 8 heteroatoms. The normalized spacial score (nSPS) is 11.0. The maximum Gasteiger partial charge on any atom is 0.337 e. The molecule has 2 aromatic heterocycles. The lowest BCUT2D eigenvalue weighted by molar-refractivity contribution is 0.0600. The summed E-state index contributed by atoms with van der Waals surface area (Å²) in [5, 5.41) is 10.3. The lowest BCUT2D eigenvalue weighted by Gasteiger charge is -2.10. The molecule has 0 saturated carbocycles. The number of furan rings is 1. The molecule has 0 unspecified atom stereocenters. The number of methoxy groups -OCH3 is 3. The third-order valence-corrected chi connectivity index (χ3v) is 7.07. The Hall–Kier alpha value is -5.55. The van der Waals surface area contributed by atoms with Crippen molar-refractivity contribution < 1.29 is 23.4 Å². The number of ether oxygens (including phenoxy) is 3. The van der Waals surface area contributed by atoms with Crippen LogP contribution in [0.4, 0.5) is 5.88 Å². The molecule has 0 aliphatic rings. The van der Waals surface area contributed by atoms with Crippen molar-refractivity contribution in [2.45, 2.75) is 13.8 Å². The average molecular weight is 560 g/mol. The average Bonchev–Trinajstić information content (AvgIpc) is 3.55. The third-order valence-electron chi connectivity index (χ3n) is 7.07. The predicted octanol–water partition coefficient (Wildman–Crippen LogP) is 7.45. The fourth-order valence-corrected chi connectivity index (χ4v) is 4.90. The van der Waals surface area contributed by atoms with Gasteiger partial charge in [-0.25, -0.2) is 9.79 Å². The van der Waals surface area contributed by atoms with E-state index < -0.39 is 0 Å². The van der Waals surface area contributed by atoms with Crippen molar-refractivity contribution in [3.8, 4) is 45.7 Å². The van der Waals surface area contributed by atoms with E-state index in [-0.39, 0.29) is 11.9 Å². The molecule has 42 heavy (non-hydrogen) atoms. The molecule has 0 fully saturated rings. The number of nitriles is 1. The lowest BCUT2D eigenvalue weighted by Crippen LogP contribution is -2.03. The van der Waals surface area contributed by atoms with Gasteiger partial charge in [-0.05, 0) is 86.1 Å². The quantitative estimate of drug-likeness (QED) is 0.145. The summed E-state index contributed by atoms with van der Waals surface area (Å²) in [6.45, 7) is 3.98. The van der Waals surface area contributed by atoms with Gasteiger partial charge < -0.3 is 23.2 Å². The van der Waals surface area contributed by atoms with Gasteiger partial charge in [0.25, 0.3) is 0 Å². The molecule has 0 saturated heterocycles. The summed E-state index contributed by atoms with van der Waals surface area (Å²) in [5.41, 5.74) is 6.73. The van der Waals surface area contributed by atoms with Crippen molar-refractivity contribution >= 4 is 18.1 Å². The van der Waals surface area contributed by atoms with Crippen molar-refractivity contribution in [2.75, 3.05) is 21.3 Å². The van der Waals surface area contributed by atoms with Crippen LogP contribution in [0.2, 0.25) is 0 Å². The van der Waals surface area contributed by atoms with Crippen LogP contribution in [-0.2, 0) is 4.74 Å². The van der Waals surface area contributed by atoms with E-state index in [1.807, 2.05) is 80.6 Å². The maximum atomic E-state index is 11.8. The summed E-state index contributed by atoms with van der Waals surface area (Å²) in [6, 6.07) is 26.5. The maximum absolute atomic E-state index is 11.8. The standard InChI is InChI=1S/C34H29N3O5/c1-21-18-26(22(2)37(21)27-12-6-25(7-13-27)34(38)41-5)20-36-33-30(19-35)31(23-8-14-28(39-3)15-9-23)32(42-33)24-10-16-29(40-4)17-11-24/h6-18,20H,1-5H3. The van der Waals surface area contributed by atoms with Crippen LogP contribution in [0.25, 0.3) is 28.1 Å². The Morgan fingerprint density at radius 3 is 2.02 bits per heavy atom. The Morgan fingerprint density at radius 2 is 1.48 bits per heavy atom. The van der Waals surface area contributed by atoms with Crippen LogP contribution >= 0.6 is 0 Å². The molecule has 0 bridgehead atoms. The number of benzene rings is 3. The molecule has 8 nitrogen and oxygen atoms in total. The second-order valence-electron chi connectivity index (χ2n) is 9.51. The van der Waals surface area contributed by atoms with E-state index in [1.54, 1.807) is 32.6 Å². The number of aromatic nitrogens is 1. The van der Waals surface area contributed by atoms with Crippen LogP contribution in [0.15, 0.2) is 88.3 Å². The molecule has 2 heterocycles. The molecule has 0 spiro atoms. The monoisotopic (exact) mass is 559 g/mol. The van der Waals surface area contributed by atoms with E-state index in [4.69, 9.17) is 18.6 Å². The molecule has 5 aromatic rings. The van der Waals surface area contributed by atoms with Crippen LogP contribution in [0, 0.1) is 25.2 Å². The van der Waals surface area contributed by atoms with Gasteiger partial charge in [0, 0.05) is 40.0 Å². The largest absolute Gasteiger partial charge is 0.497 e. The molecular formula is C34H29N3O5. The Kier molecular flexibility index (Phi) is 7.93. The minimum absolute atomic E-state index is 0.210. The number of hydrogen-bond acceptors (Lipinski definition) is 7. The first kappa shape index (κ1) is 28.0. The zero-order chi connectivity index (χ0) is 29.8. The summed E-state index contributed by atoms with van der Waals surface area (Å²) < 4.78 is 23.8. The van der Waals surface area contributed by atoms with E-state index in [0.717, 1.165) is 33.8 Å². The Bertz CT molecular complexity index is 1800. The van der Waals surface area contributed by atoms with Crippen molar-refractivity contribution in [1.82, 2.24) is 4.57 Å². The number of aliphatic imine (C=N–C) groups is 1. The van der Waals surface area contributed by atoms with Crippen LogP contribution in [0.3, 0.4) is 0 Å². The van der Waals surface area contributed by atoms with E-state index in [9.17, 15) is 10.1 Å². The van der Waals surface area contributed by atoms with Crippen LogP contribution < -0.4 is 9.47 Å². The van der Waals surface area contributed by atoms with Crippen molar-refractivity contribution in [2.24, 2.45) is 4.99 Å². The van der Waals surface area contributed by atoms with Crippen LogP contribution in [0.1, 0.15) is 32.9 Å². The number of carbonyl (C=O) groups is 1. The molecule has 210 valence electrons. The topological polar surface area (TPSA) is 99.0 Å². The summed E-state index contributed by atoms with van der Waals surface area (Å²) in [6.07, 6.45) is 1.71. The summed E-state index contributed by atoms with van der Waals surface area (Å²) >= 11 is 0. The fourth-order valence-electron chi connectivity index (χ4n) is 4.90. The first-order valence-corrected chi connectivity index (χ1v) is 13.2. The van der Waals surface area contributed by atoms with Gasteiger partial charge in [-0.2, -0.15) is 5.26 Å². The first-order valence-electron chi connectivity index (χ1n) is 13.2. The number of esters is 1. The molecule has 3 aromatic carbocycles. The number of aryl methyl sites for hydroxylation is 1. The molecule has 0 radical (unpaired) electrons. The van der Waals surface area contributed by atoms with Gasteiger partial charge in [0.1, 0.15) is 28.9 Å². The van der Waals surface area contributed by atoms with Gasteiger partial charge in [0.2, 0.25) is 5.88 Å². The number of carbonyl (C=O) groups excluding carboxylic acids is 1. The number of nitrogens with zero attached hydrogens (tertiary/aromatic N) is 3. The highest BCUT2D eigenvalue weighted by Gasteiger charge is 2.23. The predicted molar refractivity (Wildman–Crippen MR) is 161 cm³/mol. The Morgan fingerprint density at radius 1 is 0.881 bits per heavy atom. The summed E-state index contributed by atoms with van der Waals surface area (Å²) in [4.78, 5) is 16.5. The Balaban J connectivity index is 1.57. The highest BCUT2D eigenvalue weighted by molar-refractivity contribution is 5.91. The molecule has 0 aliphatic heterocycles. The van der Waals surface area contributed by atoms with E-state index in [1.165, 1.54) is 7.11 Å². The SMILES string of the molecule is COC(=O)c1ccc(-n2c(C)cc(C=Nc3oc(-c4ccc(OC)cc4)c(-c4ccc(OC)cc4)c3C#N)c2C)cc1. The molecule has 0 atom stereocenters. The van der Waals surface area contributed by atoms with Crippen molar-refractivity contribution in [3.05, 3.63) is 107 Å². The lowest BCUT2D eigenvalue weighted by atomic mass is 9.98. The zero-order valence-electron chi connectivity index (χ0n) is 24.0. The van der Waals surface area contributed by atoms with Crippen LogP contribution in [0.5, 0.6) is 11.5 Å². The van der Waals surface area contributed by atoms with Gasteiger partial charge in [-0.1, -0.05) is 12.1 Å². The Labute approximate surface area is 244 Å². The van der Waals surface area contributed by atoms with Crippen molar-refractivity contribution in [3.63, 3.8) is 0 Å². The first-order chi connectivity index (χ1) is 20.4. The van der Waals surface area contributed by atoms with Gasteiger partial charge in [-0.15, -0.1) is 0 Å². The minimum Gasteiger partial charge on any atom is -0.497 e. The zero-order valence-corrected chi connectivity index (χ0v) is 24.0.